The largest absolute Gasteiger partial charge is 0.365 e. The average molecular weight is 565 g/mol. The van der Waals surface area contributed by atoms with Crippen LogP contribution in [0, 0.1) is 17.5 Å². The van der Waals surface area contributed by atoms with Crippen LogP contribution in [0.3, 0.4) is 0 Å². The van der Waals surface area contributed by atoms with E-state index in [-0.39, 0.29) is 52.6 Å². The van der Waals surface area contributed by atoms with Crippen LogP contribution in [-0.2, 0) is 16.6 Å². The van der Waals surface area contributed by atoms with Crippen LogP contribution >= 0.6 is 0 Å². The van der Waals surface area contributed by atoms with Gasteiger partial charge in [-0.1, -0.05) is 0 Å². The number of urea groups is 1. The van der Waals surface area contributed by atoms with Gasteiger partial charge in [0.15, 0.2) is 11.6 Å². The summed E-state index contributed by atoms with van der Waals surface area (Å²) in [7, 11) is -3.61. The van der Waals surface area contributed by atoms with E-state index < -0.39 is 27.5 Å². The second-order valence-electron chi connectivity index (χ2n) is 10.3. The number of nitrogens with zero attached hydrogens (tertiary/aromatic N) is 2. The summed E-state index contributed by atoms with van der Waals surface area (Å²) < 4.78 is 69.5. The van der Waals surface area contributed by atoms with Gasteiger partial charge in [0.25, 0.3) is 0 Å². The maximum absolute atomic E-state index is 15.3. The Balaban J connectivity index is 1.43. The number of hydrogen-bond acceptors (Lipinski definition) is 5. The second kappa shape index (κ2) is 11.0. The molecule has 2 atom stereocenters. The van der Waals surface area contributed by atoms with E-state index in [2.05, 4.69) is 25.3 Å². The molecule has 0 radical (unpaired) electrons. The van der Waals surface area contributed by atoms with Crippen molar-refractivity contribution >= 4 is 32.8 Å². The third-order valence-electron chi connectivity index (χ3n) is 7.28. The molecule has 3 aromatic rings. The Labute approximate surface area is 224 Å². The minimum atomic E-state index is -3.61. The minimum absolute atomic E-state index is 0.0536. The Hall–Kier alpha value is -3.32. The number of benzene rings is 1. The van der Waals surface area contributed by atoms with Gasteiger partial charge in [-0.15, -0.1) is 0 Å². The Morgan fingerprint density at radius 3 is 2.56 bits per heavy atom. The molecule has 9 nitrogen and oxygen atoms in total. The van der Waals surface area contributed by atoms with Crippen LogP contribution in [0.2, 0.25) is 0 Å². The maximum atomic E-state index is 15.3. The number of likely N-dealkylation sites (tertiary alicyclic amines) is 1. The summed E-state index contributed by atoms with van der Waals surface area (Å²) in [6, 6.07) is 2.76. The predicted molar refractivity (Wildman–Crippen MR) is 142 cm³/mol. The fourth-order valence-corrected chi connectivity index (χ4v) is 5.80. The molecule has 39 heavy (non-hydrogen) atoms. The van der Waals surface area contributed by atoms with Gasteiger partial charge in [0.1, 0.15) is 11.6 Å². The zero-order valence-corrected chi connectivity index (χ0v) is 22.3. The quantitative estimate of drug-likeness (QED) is 0.343. The summed E-state index contributed by atoms with van der Waals surface area (Å²) >= 11 is 0. The SMILES string of the molecule is CS(=O)(=O)NCc1cc(F)c(NC2CCC[C@@H](NC(=O)N3CCCC3)C2)nc1-c1c[nH]c2c(F)cc(F)cc12. The minimum Gasteiger partial charge on any atom is -0.365 e. The number of H-pyrrole nitrogens is 1. The first-order chi connectivity index (χ1) is 18.6. The van der Waals surface area contributed by atoms with E-state index in [9.17, 15) is 22.0 Å². The van der Waals surface area contributed by atoms with Gasteiger partial charge < -0.3 is 20.5 Å². The van der Waals surface area contributed by atoms with Crippen LogP contribution in [0.4, 0.5) is 23.8 Å². The van der Waals surface area contributed by atoms with E-state index in [1.807, 2.05) is 0 Å². The molecule has 1 saturated heterocycles. The molecule has 2 fully saturated rings. The molecule has 0 bridgehead atoms. The van der Waals surface area contributed by atoms with Crippen LogP contribution < -0.4 is 15.4 Å². The molecule has 1 unspecified atom stereocenters. The van der Waals surface area contributed by atoms with Crippen molar-refractivity contribution in [1.29, 1.82) is 0 Å². The third-order valence-corrected chi connectivity index (χ3v) is 7.95. The summed E-state index contributed by atoms with van der Waals surface area (Å²) in [6.45, 7) is 1.23. The van der Waals surface area contributed by atoms with Gasteiger partial charge in [-0.2, -0.15) is 0 Å². The highest BCUT2D eigenvalue weighted by Crippen LogP contribution is 2.34. The van der Waals surface area contributed by atoms with Crippen LogP contribution in [-0.4, -0.2) is 60.7 Å². The molecule has 13 heteroatoms. The number of anilines is 1. The predicted octanol–water partition coefficient (Wildman–Crippen LogP) is 4.22. The molecular weight excluding hydrogens is 533 g/mol. The number of pyridine rings is 1. The summed E-state index contributed by atoms with van der Waals surface area (Å²) in [5, 5.41) is 6.43. The molecule has 2 aliphatic rings. The van der Waals surface area contributed by atoms with Gasteiger partial charge in [-0.25, -0.2) is 36.1 Å². The molecule has 210 valence electrons. The Kier molecular flexibility index (Phi) is 7.72. The maximum Gasteiger partial charge on any atom is 0.317 e. The second-order valence-corrected chi connectivity index (χ2v) is 12.1. The highest BCUT2D eigenvalue weighted by atomic mass is 32.2. The first kappa shape index (κ1) is 27.3. The number of fused-ring (bicyclic) bond motifs is 1. The van der Waals surface area contributed by atoms with Crippen LogP contribution in [0.15, 0.2) is 24.4 Å². The summed E-state index contributed by atoms with van der Waals surface area (Å²) in [5.41, 5.74) is 0.739. The van der Waals surface area contributed by atoms with E-state index in [0.29, 0.717) is 12.0 Å². The normalized spacial score (nSPS) is 19.9. The number of halogens is 3. The topological polar surface area (TPSA) is 119 Å². The van der Waals surface area contributed by atoms with Gasteiger partial charge in [0, 0.05) is 54.9 Å². The van der Waals surface area contributed by atoms with E-state index in [1.54, 1.807) is 4.90 Å². The van der Waals surface area contributed by atoms with Crippen molar-refractivity contribution in [1.82, 2.24) is 24.9 Å². The van der Waals surface area contributed by atoms with E-state index in [1.165, 1.54) is 12.3 Å². The first-order valence-electron chi connectivity index (χ1n) is 13.0. The molecule has 0 spiro atoms. The van der Waals surface area contributed by atoms with Gasteiger partial charge in [0.2, 0.25) is 10.0 Å². The van der Waals surface area contributed by atoms with Crippen LogP contribution in [0.1, 0.15) is 44.1 Å². The number of aromatic nitrogens is 2. The number of carbonyl (C=O) groups excluding carboxylic acids is 1. The van der Waals surface area contributed by atoms with Crippen molar-refractivity contribution in [2.75, 3.05) is 24.7 Å². The van der Waals surface area contributed by atoms with Gasteiger partial charge in [-0.3, -0.25) is 0 Å². The van der Waals surface area contributed by atoms with Crippen LogP contribution in [0.5, 0.6) is 0 Å². The van der Waals surface area contributed by atoms with Crippen molar-refractivity contribution in [3.8, 4) is 11.3 Å². The monoisotopic (exact) mass is 564 g/mol. The number of nitrogens with one attached hydrogen (secondary N) is 4. The number of sulfonamides is 1. The molecule has 1 aliphatic heterocycles. The molecular formula is C26H31F3N6O3S. The van der Waals surface area contributed by atoms with Crippen molar-refractivity contribution in [2.24, 2.45) is 0 Å². The molecule has 2 aromatic heterocycles. The average Bonchev–Trinajstić information content (AvgIpc) is 3.55. The first-order valence-corrected chi connectivity index (χ1v) is 14.9. The number of aromatic amines is 1. The molecule has 2 amide bonds. The van der Waals surface area contributed by atoms with Crippen molar-refractivity contribution in [3.63, 3.8) is 0 Å². The summed E-state index contributed by atoms with van der Waals surface area (Å²) in [6.07, 6.45) is 7.39. The van der Waals surface area contributed by atoms with E-state index >= 15 is 4.39 Å². The molecule has 1 aliphatic carbocycles. The lowest BCUT2D eigenvalue weighted by molar-refractivity contribution is 0.199. The molecule has 1 saturated carbocycles. The molecule has 1 aromatic carbocycles. The number of rotatable bonds is 7. The number of hydrogen-bond donors (Lipinski definition) is 4. The number of amides is 2. The van der Waals surface area contributed by atoms with E-state index in [4.69, 9.17) is 0 Å². The Morgan fingerprint density at radius 2 is 1.82 bits per heavy atom. The van der Waals surface area contributed by atoms with Gasteiger partial charge in [0.05, 0.1) is 17.5 Å². The lowest BCUT2D eigenvalue weighted by atomic mass is 9.91. The lowest BCUT2D eigenvalue weighted by Gasteiger charge is -2.32. The summed E-state index contributed by atoms with van der Waals surface area (Å²) in [5.74, 6) is -2.33. The smallest absolute Gasteiger partial charge is 0.317 e. The van der Waals surface area contributed by atoms with E-state index in [0.717, 1.165) is 63.6 Å². The fraction of sp³-hybridized carbons (Fsp3) is 0.462. The van der Waals surface area contributed by atoms with Crippen molar-refractivity contribution in [3.05, 3.63) is 47.4 Å². The zero-order valence-electron chi connectivity index (χ0n) is 21.5. The third kappa shape index (κ3) is 6.30. The lowest BCUT2D eigenvalue weighted by Crippen LogP contribution is -2.47. The zero-order chi connectivity index (χ0) is 27.7. The Bertz CT molecular complexity index is 1490. The highest BCUT2D eigenvalue weighted by Gasteiger charge is 2.27. The van der Waals surface area contributed by atoms with Crippen molar-refractivity contribution in [2.45, 2.75) is 57.2 Å². The molecule has 5 rings (SSSR count). The Morgan fingerprint density at radius 1 is 1.08 bits per heavy atom. The molecule has 4 N–H and O–H groups in total. The van der Waals surface area contributed by atoms with Gasteiger partial charge >= 0.3 is 6.03 Å². The van der Waals surface area contributed by atoms with Crippen LogP contribution in [0.25, 0.3) is 22.2 Å². The number of carbonyl (C=O) groups is 1. The standard InChI is InChI=1S/C26H31F3N6O3S/c1-39(37,38)31-13-15-9-22(29)25(34-23(15)20-14-30-24-19(20)10-16(27)11-21(24)28)32-17-5-4-6-18(12-17)33-26(36)35-7-2-3-8-35/h9-11,14,17-18,30-31H,2-8,12-13H2,1H3,(H,32,34)(H,33,36)/t17?,18-/m1/s1. The fourth-order valence-electron chi connectivity index (χ4n) is 5.39. The van der Waals surface area contributed by atoms with Gasteiger partial charge in [-0.05, 0) is 56.2 Å². The molecule has 3 heterocycles. The van der Waals surface area contributed by atoms with Crippen molar-refractivity contribution < 1.29 is 26.4 Å². The highest BCUT2D eigenvalue weighted by molar-refractivity contribution is 7.88. The summed E-state index contributed by atoms with van der Waals surface area (Å²) in [4.78, 5) is 21.6.